The van der Waals surface area contributed by atoms with Crippen LogP contribution in [-0.2, 0) is 0 Å². The van der Waals surface area contributed by atoms with Crippen LogP contribution in [0.3, 0.4) is 0 Å². The van der Waals surface area contributed by atoms with Crippen LogP contribution in [0.15, 0.2) is 24.7 Å². The molecular weight excluding hydrogens is 296 g/mol. The summed E-state index contributed by atoms with van der Waals surface area (Å²) in [7, 11) is 0. The molecule has 0 spiro atoms. The van der Waals surface area contributed by atoms with E-state index in [9.17, 15) is 4.79 Å². The second-order valence-corrected chi connectivity index (χ2v) is 6.72. The molecule has 3 heteroatoms. The number of aromatic nitrogens is 2. The number of nitrogens with one attached hydrogen (secondary N) is 1. The molecule has 1 aromatic heterocycles. The third-order valence-electron chi connectivity index (χ3n) is 4.46. The van der Waals surface area contributed by atoms with Gasteiger partial charge in [0.15, 0.2) is 5.78 Å². The van der Waals surface area contributed by atoms with Gasteiger partial charge >= 0.3 is 0 Å². The Morgan fingerprint density at radius 1 is 0.917 bits per heavy atom. The Balaban J connectivity index is 1.80. The van der Waals surface area contributed by atoms with E-state index in [0.29, 0.717) is 12.1 Å². The Bertz CT molecular complexity index is 423. The van der Waals surface area contributed by atoms with Gasteiger partial charge in [0, 0.05) is 6.42 Å². The molecule has 0 bridgehead atoms. The van der Waals surface area contributed by atoms with Crippen LogP contribution >= 0.6 is 0 Å². The average molecular weight is 333 g/mol. The standard InChI is InChI=1S/C21H36N2O/c1-2-3-4-5-6-7-8-9-10-11-12-13-14-15-16-17-21(24)20-18-22-19-23-20/h9-10,18-19H,2-8,11-17H2,1H3,(H,22,23)/b10-9-. The Kier molecular flexibility index (Phi) is 13.1. The summed E-state index contributed by atoms with van der Waals surface area (Å²) >= 11 is 0. The van der Waals surface area contributed by atoms with Crippen molar-refractivity contribution in [2.75, 3.05) is 0 Å². The molecule has 0 aliphatic heterocycles. The molecule has 0 aliphatic carbocycles. The summed E-state index contributed by atoms with van der Waals surface area (Å²) in [6.07, 6.45) is 25.2. The van der Waals surface area contributed by atoms with Crippen LogP contribution in [0.4, 0.5) is 0 Å². The van der Waals surface area contributed by atoms with Crippen molar-refractivity contribution in [3.05, 3.63) is 30.4 Å². The molecule has 0 amide bonds. The number of carbonyl (C=O) groups excluding carboxylic acids is 1. The summed E-state index contributed by atoms with van der Waals surface area (Å²) < 4.78 is 0. The number of carbonyl (C=O) groups is 1. The van der Waals surface area contributed by atoms with Gasteiger partial charge in [0.25, 0.3) is 0 Å². The summed E-state index contributed by atoms with van der Waals surface area (Å²) in [6, 6.07) is 0. The second-order valence-electron chi connectivity index (χ2n) is 6.72. The molecule has 0 atom stereocenters. The second kappa shape index (κ2) is 15.2. The van der Waals surface area contributed by atoms with Crippen molar-refractivity contribution in [1.29, 1.82) is 0 Å². The zero-order valence-electron chi connectivity index (χ0n) is 15.6. The third-order valence-corrected chi connectivity index (χ3v) is 4.46. The third kappa shape index (κ3) is 11.2. The molecule has 24 heavy (non-hydrogen) atoms. The van der Waals surface area contributed by atoms with E-state index in [4.69, 9.17) is 0 Å². The molecule has 0 fully saturated rings. The fourth-order valence-electron chi connectivity index (χ4n) is 2.90. The maximum absolute atomic E-state index is 11.8. The SMILES string of the molecule is CCCCCCCC/C=C\CCCCCCCC(=O)c1cnc[nH]1. The van der Waals surface area contributed by atoms with Crippen LogP contribution in [0.2, 0.25) is 0 Å². The minimum Gasteiger partial charge on any atom is -0.342 e. The van der Waals surface area contributed by atoms with Crippen LogP contribution < -0.4 is 0 Å². The highest BCUT2D eigenvalue weighted by molar-refractivity contribution is 5.93. The molecule has 0 unspecified atom stereocenters. The maximum atomic E-state index is 11.8. The van der Waals surface area contributed by atoms with Gasteiger partial charge in [-0.2, -0.15) is 0 Å². The largest absolute Gasteiger partial charge is 0.342 e. The minimum absolute atomic E-state index is 0.185. The summed E-state index contributed by atoms with van der Waals surface area (Å²) in [6.45, 7) is 2.27. The lowest BCUT2D eigenvalue weighted by atomic mass is 10.1. The lowest BCUT2D eigenvalue weighted by molar-refractivity contribution is 0.0975. The number of H-pyrrole nitrogens is 1. The predicted molar refractivity (Wildman–Crippen MR) is 102 cm³/mol. The molecule has 0 aromatic carbocycles. The van der Waals surface area contributed by atoms with Crippen LogP contribution in [0, 0.1) is 0 Å². The number of unbranched alkanes of at least 4 members (excludes halogenated alkanes) is 11. The van der Waals surface area contributed by atoms with E-state index in [1.165, 1.54) is 70.6 Å². The van der Waals surface area contributed by atoms with Gasteiger partial charge in [-0.3, -0.25) is 4.79 Å². The zero-order chi connectivity index (χ0) is 17.3. The normalized spacial score (nSPS) is 11.4. The van der Waals surface area contributed by atoms with Crippen molar-refractivity contribution in [3.8, 4) is 0 Å². The van der Waals surface area contributed by atoms with E-state index in [2.05, 4.69) is 29.0 Å². The summed E-state index contributed by atoms with van der Waals surface area (Å²) in [5, 5.41) is 0. The molecule has 1 heterocycles. The lowest BCUT2D eigenvalue weighted by Gasteiger charge is -2.00. The Hall–Kier alpha value is -1.38. The Labute approximate surface area is 148 Å². The van der Waals surface area contributed by atoms with Crippen LogP contribution in [-0.4, -0.2) is 15.8 Å². The molecule has 1 N–H and O–H groups in total. The van der Waals surface area contributed by atoms with Crippen molar-refractivity contribution in [2.45, 2.75) is 96.8 Å². The number of hydrogen-bond acceptors (Lipinski definition) is 2. The van der Waals surface area contributed by atoms with Crippen LogP contribution in [0.5, 0.6) is 0 Å². The van der Waals surface area contributed by atoms with Crippen molar-refractivity contribution < 1.29 is 4.79 Å². The fraction of sp³-hybridized carbons (Fsp3) is 0.714. The molecular formula is C21H36N2O. The topological polar surface area (TPSA) is 45.8 Å². The monoisotopic (exact) mass is 332 g/mol. The van der Waals surface area contributed by atoms with Gasteiger partial charge in [-0.25, -0.2) is 4.98 Å². The maximum Gasteiger partial charge on any atom is 0.180 e. The molecule has 0 saturated carbocycles. The quantitative estimate of drug-likeness (QED) is 0.210. The highest BCUT2D eigenvalue weighted by Crippen LogP contribution is 2.11. The number of hydrogen-bond donors (Lipinski definition) is 1. The van der Waals surface area contributed by atoms with E-state index >= 15 is 0 Å². The number of aromatic amines is 1. The summed E-state index contributed by atoms with van der Waals surface area (Å²) in [4.78, 5) is 18.5. The van der Waals surface area contributed by atoms with Crippen molar-refractivity contribution in [1.82, 2.24) is 9.97 Å². The number of rotatable bonds is 16. The van der Waals surface area contributed by atoms with Crippen molar-refractivity contribution in [2.24, 2.45) is 0 Å². The van der Waals surface area contributed by atoms with Gasteiger partial charge in [0.2, 0.25) is 0 Å². The number of ketones is 1. The van der Waals surface area contributed by atoms with Gasteiger partial charge in [-0.15, -0.1) is 0 Å². The fourth-order valence-corrected chi connectivity index (χ4v) is 2.90. The summed E-state index contributed by atoms with van der Waals surface area (Å²) in [5.74, 6) is 0.185. The highest BCUT2D eigenvalue weighted by atomic mass is 16.1. The van der Waals surface area contributed by atoms with Crippen molar-refractivity contribution >= 4 is 5.78 Å². The first-order valence-corrected chi connectivity index (χ1v) is 10.0. The molecule has 136 valence electrons. The van der Waals surface area contributed by atoms with E-state index in [0.717, 1.165) is 12.8 Å². The van der Waals surface area contributed by atoms with Gasteiger partial charge < -0.3 is 4.98 Å². The van der Waals surface area contributed by atoms with Gasteiger partial charge in [0.1, 0.15) is 5.69 Å². The molecule has 0 aliphatic rings. The number of Topliss-reactive ketones (excluding diaryl/α,β-unsaturated/α-hetero) is 1. The van der Waals surface area contributed by atoms with Gasteiger partial charge in [-0.05, 0) is 32.1 Å². The number of allylic oxidation sites excluding steroid dienone is 2. The Morgan fingerprint density at radius 2 is 1.50 bits per heavy atom. The number of imidazole rings is 1. The first-order chi connectivity index (χ1) is 11.8. The molecule has 1 rings (SSSR count). The molecule has 0 saturated heterocycles. The van der Waals surface area contributed by atoms with Crippen LogP contribution in [0.25, 0.3) is 0 Å². The van der Waals surface area contributed by atoms with Gasteiger partial charge in [0.05, 0.1) is 12.5 Å². The first-order valence-electron chi connectivity index (χ1n) is 10.0. The molecule has 3 nitrogen and oxygen atoms in total. The first kappa shape index (κ1) is 20.7. The highest BCUT2D eigenvalue weighted by Gasteiger charge is 2.05. The van der Waals surface area contributed by atoms with Crippen LogP contribution in [0.1, 0.15) is 107 Å². The zero-order valence-corrected chi connectivity index (χ0v) is 15.6. The average Bonchev–Trinajstić information content (AvgIpc) is 3.13. The molecule has 1 aromatic rings. The lowest BCUT2D eigenvalue weighted by Crippen LogP contribution is -1.98. The molecule has 0 radical (unpaired) electrons. The van der Waals surface area contributed by atoms with E-state index in [1.807, 2.05) is 0 Å². The summed E-state index contributed by atoms with van der Waals surface area (Å²) in [5.41, 5.74) is 0.644. The minimum atomic E-state index is 0.185. The van der Waals surface area contributed by atoms with Gasteiger partial charge in [-0.1, -0.05) is 70.4 Å². The Morgan fingerprint density at radius 3 is 2.08 bits per heavy atom. The predicted octanol–water partition coefficient (Wildman–Crippen LogP) is 6.63. The van der Waals surface area contributed by atoms with E-state index in [-0.39, 0.29) is 5.78 Å². The van der Waals surface area contributed by atoms with E-state index in [1.54, 1.807) is 12.5 Å². The van der Waals surface area contributed by atoms with Crippen molar-refractivity contribution in [3.63, 3.8) is 0 Å². The smallest absolute Gasteiger partial charge is 0.180 e. The van der Waals surface area contributed by atoms with E-state index < -0.39 is 0 Å². The number of nitrogens with zero attached hydrogens (tertiary/aromatic N) is 1.